The van der Waals surface area contributed by atoms with Gasteiger partial charge < -0.3 is 16.1 Å². The number of hydrogen-bond donors (Lipinski definition) is 0. The van der Waals surface area contributed by atoms with Gasteiger partial charge in [0.2, 0.25) is 0 Å². The van der Waals surface area contributed by atoms with Crippen LogP contribution in [0.25, 0.3) is 0 Å². The number of rotatable bonds is 7. The van der Waals surface area contributed by atoms with E-state index in [1.54, 1.807) is 0 Å². The Kier molecular flexibility index (Phi) is 10.7. The Morgan fingerprint density at radius 2 is 2.00 bits per heavy atom. The molecule has 2 nitrogen and oxygen atoms in total. The molecule has 0 aliphatic rings. The summed E-state index contributed by atoms with van der Waals surface area (Å²) < 4.78 is 5.49. The summed E-state index contributed by atoms with van der Waals surface area (Å²) in [4.78, 5) is 2.12. The van der Waals surface area contributed by atoms with Crippen molar-refractivity contribution in [1.29, 1.82) is 0 Å². The van der Waals surface area contributed by atoms with Crippen LogP contribution in [0.5, 0.6) is 0 Å². The van der Waals surface area contributed by atoms with Crippen LogP contribution in [-0.4, -0.2) is 38.8 Å². The van der Waals surface area contributed by atoms with Gasteiger partial charge in [-0.1, -0.05) is 12.7 Å². The second-order valence-electron chi connectivity index (χ2n) is 4.14. The molecule has 0 bridgehead atoms. The van der Waals surface area contributed by atoms with Gasteiger partial charge in [-0.2, -0.15) is 30.5 Å². The third-order valence-electron chi connectivity index (χ3n) is 2.40. The molecule has 0 saturated carbocycles. The van der Waals surface area contributed by atoms with Crippen molar-refractivity contribution in [2.45, 2.75) is 6.42 Å². The Bertz CT molecular complexity index is 302. The quantitative estimate of drug-likeness (QED) is 0.471. The Hall–Kier alpha value is 0.452. The van der Waals surface area contributed by atoms with E-state index in [4.69, 9.17) is 4.74 Å². The maximum Gasteiger partial charge on any atom is 0.0557 e. The molecular formula is C14H21AcNO-2. The first-order chi connectivity index (χ1) is 7.70. The van der Waals surface area contributed by atoms with Crippen molar-refractivity contribution in [3.63, 3.8) is 0 Å². The molecule has 0 N–H and O–H groups in total. The second kappa shape index (κ2) is 10.4. The molecule has 1 aromatic carbocycles. The fourth-order valence-electron chi connectivity index (χ4n) is 1.38. The third-order valence-corrected chi connectivity index (χ3v) is 2.40. The molecule has 0 aliphatic heterocycles. The molecule has 0 fully saturated rings. The molecule has 1 radical (unpaired) electrons. The Balaban J connectivity index is 0.00000256. The van der Waals surface area contributed by atoms with E-state index in [1.165, 1.54) is 5.56 Å². The van der Waals surface area contributed by atoms with Crippen LogP contribution in [0.15, 0.2) is 24.3 Å². The van der Waals surface area contributed by atoms with Crippen LogP contribution in [0.2, 0.25) is 0 Å². The zero-order valence-electron chi connectivity index (χ0n) is 10.9. The zero-order valence-corrected chi connectivity index (χ0v) is 15.6. The van der Waals surface area contributed by atoms with E-state index in [-0.39, 0.29) is 44.1 Å². The van der Waals surface area contributed by atoms with Crippen LogP contribution in [-0.2, 0) is 11.2 Å². The maximum atomic E-state index is 5.49. The fraction of sp³-hybridized carbons (Fsp3) is 0.429. The standard InChI is InChI=1S/C14H21NO.Ac/c1-13-7-4-5-8-14(13)9-6-11-16-12-10-15(2)3;/h4-8H,1,9-12H2,2-3H3;/q-2;. The van der Waals surface area contributed by atoms with E-state index in [0.717, 1.165) is 25.1 Å². The summed E-state index contributed by atoms with van der Waals surface area (Å²) in [5.74, 6) is 0. The van der Waals surface area contributed by atoms with Gasteiger partial charge in [-0.05, 0) is 14.1 Å². The topological polar surface area (TPSA) is 12.5 Å². The Morgan fingerprint density at radius 1 is 1.29 bits per heavy atom. The molecule has 0 aromatic heterocycles. The van der Waals surface area contributed by atoms with Crippen LogP contribution in [0, 0.1) is 57.4 Å². The fourth-order valence-corrected chi connectivity index (χ4v) is 1.38. The van der Waals surface area contributed by atoms with Gasteiger partial charge in [-0.15, -0.1) is 12.1 Å². The molecule has 93 valence electrons. The molecule has 3 heteroatoms. The first-order valence-electron chi connectivity index (χ1n) is 5.64. The van der Waals surface area contributed by atoms with Crippen LogP contribution >= 0.6 is 0 Å². The normalized spacial score (nSPS) is 10.3. The number of likely N-dealkylation sites (N-methyl/N-ethyl adjacent to an activating group) is 1. The summed E-state index contributed by atoms with van der Waals surface area (Å²) in [7, 11) is 4.10. The van der Waals surface area contributed by atoms with E-state index in [9.17, 15) is 0 Å². The van der Waals surface area contributed by atoms with Crippen LogP contribution in [0.1, 0.15) is 11.1 Å². The van der Waals surface area contributed by atoms with Crippen molar-refractivity contribution in [2.75, 3.05) is 33.9 Å². The van der Waals surface area contributed by atoms with Crippen LogP contribution in [0.4, 0.5) is 0 Å². The predicted octanol–water partition coefficient (Wildman–Crippen LogP) is 2.19. The first kappa shape index (κ1) is 17.5. The summed E-state index contributed by atoms with van der Waals surface area (Å²) in [6.45, 7) is 6.46. The summed E-state index contributed by atoms with van der Waals surface area (Å²) in [5, 5.41) is 0. The van der Waals surface area contributed by atoms with E-state index < -0.39 is 0 Å². The smallest absolute Gasteiger partial charge is 0.0557 e. The van der Waals surface area contributed by atoms with Gasteiger partial charge in [-0.3, -0.25) is 0 Å². The van der Waals surface area contributed by atoms with E-state index in [1.807, 2.05) is 32.3 Å². The molecule has 0 saturated heterocycles. The predicted molar refractivity (Wildman–Crippen MR) is 68.3 cm³/mol. The van der Waals surface area contributed by atoms with E-state index in [0.29, 0.717) is 6.61 Å². The summed E-state index contributed by atoms with van der Waals surface area (Å²) in [6, 6.07) is 8.21. The largest absolute Gasteiger partial charge is 0.412 e. The van der Waals surface area contributed by atoms with E-state index >= 15 is 0 Å². The Labute approximate surface area is 141 Å². The molecule has 1 aromatic rings. The summed E-state index contributed by atoms with van der Waals surface area (Å²) >= 11 is 0. The van der Waals surface area contributed by atoms with Gasteiger partial charge in [0.25, 0.3) is 0 Å². The number of nitrogens with zero attached hydrogens (tertiary/aromatic N) is 1. The molecule has 1 rings (SSSR count). The van der Waals surface area contributed by atoms with Gasteiger partial charge in [0, 0.05) is 50.6 Å². The van der Waals surface area contributed by atoms with Crippen molar-refractivity contribution in [3.05, 3.63) is 48.7 Å². The Morgan fingerprint density at radius 3 is 2.65 bits per heavy atom. The van der Waals surface area contributed by atoms with Gasteiger partial charge in [0.15, 0.2) is 0 Å². The summed E-state index contributed by atoms with van der Waals surface area (Å²) in [6.07, 6.45) is 3.08. The van der Waals surface area contributed by atoms with Crippen LogP contribution in [0.3, 0.4) is 0 Å². The van der Waals surface area contributed by atoms with Crippen molar-refractivity contribution in [2.24, 2.45) is 0 Å². The maximum absolute atomic E-state index is 5.49. The molecule has 0 atom stereocenters. The molecule has 0 heterocycles. The first-order valence-corrected chi connectivity index (χ1v) is 5.64. The van der Waals surface area contributed by atoms with Gasteiger partial charge in [0.1, 0.15) is 0 Å². The molecule has 0 unspecified atom stereocenters. The molecule has 0 spiro atoms. The van der Waals surface area contributed by atoms with Crippen molar-refractivity contribution < 1.29 is 48.8 Å². The van der Waals surface area contributed by atoms with E-state index in [2.05, 4.69) is 24.3 Å². The number of hydrogen-bond acceptors (Lipinski definition) is 2. The number of ether oxygens (including phenoxy) is 1. The van der Waals surface area contributed by atoms with Gasteiger partial charge in [0.05, 0.1) is 6.61 Å². The second-order valence-corrected chi connectivity index (χ2v) is 4.14. The minimum Gasteiger partial charge on any atom is -0.412 e. The molecule has 0 aliphatic carbocycles. The molecule has 0 amide bonds. The third kappa shape index (κ3) is 8.21. The van der Waals surface area contributed by atoms with Crippen molar-refractivity contribution in [1.82, 2.24) is 4.90 Å². The van der Waals surface area contributed by atoms with Crippen LogP contribution < -0.4 is 0 Å². The minimum absolute atomic E-state index is 0. The monoisotopic (exact) mass is 446 g/mol. The van der Waals surface area contributed by atoms with Crippen molar-refractivity contribution in [3.8, 4) is 0 Å². The molecule has 17 heavy (non-hydrogen) atoms. The SMILES string of the molecule is [Ac].[CH2-]c1ccccc1C[CH-]COCCN(C)C. The average Bonchev–Trinajstić information content (AvgIpc) is 2.25. The summed E-state index contributed by atoms with van der Waals surface area (Å²) in [5.41, 5.74) is 2.38. The number of benzene rings is 1. The minimum atomic E-state index is 0. The molecular weight excluding hydrogens is 425 g/mol. The van der Waals surface area contributed by atoms with Gasteiger partial charge in [-0.25, -0.2) is 0 Å². The zero-order chi connectivity index (χ0) is 11.8. The van der Waals surface area contributed by atoms with Gasteiger partial charge >= 0.3 is 0 Å². The van der Waals surface area contributed by atoms with Crippen molar-refractivity contribution >= 4 is 0 Å². The average molecular weight is 446 g/mol.